The summed E-state index contributed by atoms with van der Waals surface area (Å²) in [6, 6.07) is 3.77. The van der Waals surface area contributed by atoms with Crippen LogP contribution in [0.25, 0.3) is 0 Å². The second-order valence-corrected chi connectivity index (χ2v) is 21.6. The molecule has 55 heavy (non-hydrogen) atoms. The van der Waals surface area contributed by atoms with Gasteiger partial charge in [-0.05, 0) is 85.7 Å². The molecule has 6 atom stereocenters. The molecule has 304 valence electrons. The van der Waals surface area contributed by atoms with Gasteiger partial charge in [-0.1, -0.05) is 77.8 Å². The summed E-state index contributed by atoms with van der Waals surface area (Å²) in [5.74, 6) is -2.57. The molecule has 1 aromatic rings. The van der Waals surface area contributed by atoms with E-state index in [0.717, 1.165) is 24.0 Å². The van der Waals surface area contributed by atoms with Gasteiger partial charge in [0.1, 0.15) is 12.1 Å². The molecule has 1 unspecified atom stereocenters. The Morgan fingerprint density at radius 2 is 1.58 bits per heavy atom. The van der Waals surface area contributed by atoms with Crippen LogP contribution < -0.4 is 21.3 Å². The van der Waals surface area contributed by atoms with Crippen molar-refractivity contribution in [3.63, 3.8) is 0 Å². The molecule has 5 amide bonds. The minimum Gasteiger partial charge on any atom is -0.346 e. The molecule has 1 heterocycles. The molecule has 0 spiro atoms. The van der Waals surface area contributed by atoms with Gasteiger partial charge in [-0.25, -0.2) is 17.5 Å². The highest BCUT2D eigenvalue weighted by Gasteiger charge is 2.70. The van der Waals surface area contributed by atoms with Crippen LogP contribution in [0.5, 0.6) is 0 Å². The first-order valence-corrected chi connectivity index (χ1v) is 21.1. The Kier molecular flexibility index (Phi) is 12.0. The molecule has 14 heteroatoms. The van der Waals surface area contributed by atoms with Crippen molar-refractivity contribution in [2.75, 3.05) is 26.7 Å². The van der Waals surface area contributed by atoms with E-state index in [4.69, 9.17) is 0 Å². The number of likely N-dealkylation sites (N-methyl/N-ethyl adjacent to an activating group) is 1. The van der Waals surface area contributed by atoms with Crippen molar-refractivity contribution in [1.29, 1.82) is 0 Å². The fourth-order valence-electron chi connectivity index (χ4n) is 8.49. The molecule has 3 aliphatic carbocycles. The van der Waals surface area contributed by atoms with Crippen molar-refractivity contribution in [3.8, 4) is 0 Å². The number of piperidine rings is 1. The van der Waals surface area contributed by atoms with Crippen molar-refractivity contribution in [2.24, 2.45) is 34.5 Å². The number of amides is 5. The van der Waals surface area contributed by atoms with Gasteiger partial charge in [0.05, 0.1) is 10.8 Å². The number of ketones is 1. The fraction of sp³-hybridized carbons (Fsp3) is 0.683. The summed E-state index contributed by atoms with van der Waals surface area (Å²) in [4.78, 5) is 70.9. The van der Waals surface area contributed by atoms with Crippen molar-refractivity contribution >= 4 is 39.6 Å². The van der Waals surface area contributed by atoms with E-state index < -0.39 is 68.0 Å². The zero-order chi connectivity index (χ0) is 40.8. The number of nitrogens with zero attached hydrogens (tertiary/aromatic N) is 2. The quantitative estimate of drug-likeness (QED) is 0.156. The van der Waals surface area contributed by atoms with Gasteiger partial charge in [0.2, 0.25) is 27.6 Å². The van der Waals surface area contributed by atoms with Crippen LogP contribution in [0.3, 0.4) is 0 Å². The molecule has 1 aromatic carbocycles. The molecule has 3 fully saturated rings. The smallest absolute Gasteiger partial charge is 0.315 e. The van der Waals surface area contributed by atoms with E-state index in [9.17, 15) is 32.4 Å². The number of fused-ring (bicyclic) bond motifs is 2. The number of hydrogen-bond donors (Lipinski definition) is 4. The predicted molar refractivity (Wildman–Crippen MR) is 211 cm³/mol. The van der Waals surface area contributed by atoms with E-state index in [1.54, 1.807) is 25.7 Å². The van der Waals surface area contributed by atoms with Crippen LogP contribution in [0, 0.1) is 34.5 Å². The first-order valence-electron chi connectivity index (χ1n) is 19.6. The van der Waals surface area contributed by atoms with Gasteiger partial charge in [-0.15, -0.1) is 6.58 Å². The number of carbonyl (C=O) groups is 5. The molecule has 2 saturated carbocycles. The number of urea groups is 1. The number of carbonyl (C=O) groups excluding carboxylic acids is 5. The second kappa shape index (κ2) is 15.6. The Hall–Kier alpha value is -3.78. The lowest BCUT2D eigenvalue weighted by Crippen LogP contribution is -2.62. The SMILES string of the molecule is C=CCNC(=O)C(=O)C(CC1CC1)NC(=O)[C@@H]1[C@@H]2[C@H](CN1C(=O)[C@@H](NC(=O)N[C@H](CN(C)S(=O)(=O)C(C)(C)C)C(C)(C)C)C1Cc3ccccc3C1)C2(C)C. The molecule has 1 aliphatic heterocycles. The number of benzene rings is 1. The topological polar surface area (TPSA) is 174 Å². The number of likely N-dealkylation sites (tertiary alicyclic amines) is 1. The molecule has 13 nitrogen and oxygen atoms in total. The monoisotopic (exact) mass is 782 g/mol. The molecule has 0 bridgehead atoms. The number of nitrogens with one attached hydrogen (secondary N) is 4. The van der Waals surface area contributed by atoms with Crippen LogP contribution in [0.15, 0.2) is 36.9 Å². The minimum absolute atomic E-state index is 0.0170. The second-order valence-electron chi connectivity index (χ2n) is 18.8. The van der Waals surface area contributed by atoms with E-state index in [1.165, 1.54) is 17.4 Å². The van der Waals surface area contributed by atoms with Crippen LogP contribution in [0.4, 0.5) is 4.79 Å². The average Bonchev–Trinajstić information content (AvgIpc) is 3.85. The highest BCUT2D eigenvalue weighted by atomic mass is 32.2. The molecule has 0 aromatic heterocycles. The highest BCUT2D eigenvalue weighted by molar-refractivity contribution is 7.90. The zero-order valence-electron chi connectivity index (χ0n) is 34.0. The van der Waals surface area contributed by atoms with Gasteiger partial charge in [-0.2, -0.15) is 0 Å². The van der Waals surface area contributed by atoms with Gasteiger partial charge in [0, 0.05) is 32.7 Å². The number of Topliss-reactive ketones (excluding diaryl/α,β-unsaturated/α-hetero) is 1. The third-order valence-corrected chi connectivity index (χ3v) is 14.9. The Labute approximate surface area is 327 Å². The van der Waals surface area contributed by atoms with Crippen LogP contribution >= 0.6 is 0 Å². The number of hydrogen-bond acceptors (Lipinski definition) is 7. The number of sulfonamides is 1. The van der Waals surface area contributed by atoms with Gasteiger partial charge in [0.15, 0.2) is 0 Å². The summed E-state index contributed by atoms with van der Waals surface area (Å²) >= 11 is 0. The van der Waals surface area contributed by atoms with Crippen LogP contribution in [-0.4, -0.2) is 103 Å². The zero-order valence-corrected chi connectivity index (χ0v) is 34.8. The van der Waals surface area contributed by atoms with E-state index in [1.807, 2.05) is 45.0 Å². The largest absolute Gasteiger partial charge is 0.346 e. The maximum Gasteiger partial charge on any atom is 0.315 e. The van der Waals surface area contributed by atoms with Gasteiger partial charge < -0.3 is 26.2 Å². The Morgan fingerprint density at radius 1 is 0.982 bits per heavy atom. The van der Waals surface area contributed by atoms with E-state index >= 15 is 0 Å². The van der Waals surface area contributed by atoms with Gasteiger partial charge in [0.25, 0.3) is 5.91 Å². The molecule has 5 rings (SSSR count). The maximum atomic E-state index is 14.9. The van der Waals surface area contributed by atoms with Crippen LogP contribution in [0.2, 0.25) is 0 Å². The van der Waals surface area contributed by atoms with Crippen LogP contribution in [-0.2, 0) is 42.0 Å². The first-order chi connectivity index (χ1) is 25.5. The van der Waals surface area contributed by atoms with E-state index in [0.29, 0.717) is 25.8 Å². The predicted octanol–water partition coefficient (Wildman–Crippen LogP) is 3.18. The van der Waals surface area contributed by atoms with Gasteiger partial charge >= 0.3 is 6.03 Å². The maximum absolute atomic E-state index is 14.9. The third-order valence-electron chi connectivity index (χ3n) is 12.4. The number of rotatable bonds is 15. The standard InChI is InChI=1S/C41H62N6O7S/c1-11-18-42-36(50)34(48)29(19-24-16-17-24)43-35(49)33-31-28(41(31,8)9)22-47(33)37(51)32(27-20-25-14-12-13-15-26(25)21-27)45-38(52)44-30(39(2,3)4)23-46(10)55(53,54)40(5,6)7/h11-15,24,27-33H,1,16-23H2,2-10H3,(H,42,50)(H,43,49)(H2,44,45,52)/t28-,29?,30+,31-,32-,33-/m0/s1. The molecule has 4 aliphatic rings. The lowest BCUT2D eigenvalue weighted by atomic mass is 9.86. The lowest BCUT2D eigenvalue weighted by Gasteiger charge is -2.38. The highest BCUT2D eigenvalue weighted by Crippen LogP contribution is 2.65. The normalized spacial score (nSPS) is 23.5. The summed E-state index contributed by atoms with van der Waals surface area (Å²) in [6.07, 6.45) is 4.74. The summed E-state index contributed by atoms with van der Waals surface area (Å²) in [7, 11) is -2.19. The Balaban J connectivity index is 1.40. The van der Waals surface area contributed by atoms with E-state index in [2.05, 4.69) is 41.7 Å². The third kappa shape index (κ3) is 9.11. The summed E-state index contributed by atoms with van der Waals surface area (Å²) < 4.78 is 26.8. The van der Waals surface area contributed by atoms with E-state index in [-0.39, 0.29) is 48.1 Å². The first kappa shape index (κ1) is 42.4. The van der Waals surface area contributed by atoms with Crippen molar-refractivity contribution in [3.05, 3.63) is 48.0 Å². The summed E-state index contributed by atoms with van der Waals surface area (Å²) in [5.41, 5.74) is 1.40. The fourth-order valence-corrected chi connectivity index (χ4v) is 9.77. The van der Waals surface area contributed by atoms with Crippen LogP contribution in [0.1, 0.15) is 85.8 Å². The van der Waals surface area contributed by atoms with Crippen molar-refractivity contribution in [1.82, 2.24) is 30.5 Å². The molecule has 1 saturated heterocycles. The summed E-state index contributed by atoms with van der Waals surface area (Å²) in [6.45, 7) is 18.8. The Morgan fingerprint density at radius 3 is 2.11 bits per heavy atom. The minimum atomic E-state index is -3.69. The van der Waals surface area contributed by atoms with Crippen molar-refractivity contribution in [2.45, 2.75) is 116 Å². The molecule has 4 N–H and O–H groups in total. The lowest BCUT2D eigenvalue weighted by molar-refractivity contribution is -0.144. The molecule has 0 radical (unpaired) electrons. The van der Waals surface area contributed by atoms with Gasteiger partial charge in [-0.3, -0.25) is 19.2 Å². The summed E-state index contributed by atoms with van der Waals surface area (Å²) in [5, 5.41) is 11.4. The van der Waals surface area contributed by atoms with Crippen molar-refractivity contribution < 1.29 is 32.4 Å². The molecular formula is C41H62N6O7S. The molecular weight excluding hydrogens is 721 g/mol. The average molecular weight is 783 g/mol. The Bertz CT molecular complexity index is 1770.